The molecule has 0 fully saturated rings. The van der Waals surface area contributed by atoms with Gasteiger partial charge < -0.3 is 15.2 Å². The normalized spacial score (nSPS) is 13.2. The third kappa shape index (κ3) is 4.38. The van der Waals surface area contributed by atoms with Gasteiger partial charge in [0.05, 0.1) is 25.5 Å². The van der Waals surface area contributed by atoms with Crippen molar-refractivity contribution < 1.29 is 9.47 Å². The Bertz CT molecular complexity index is 322. The van der Waals surface area contributed by atoms with E-state index in [0.29, 0.717) is 19.8 Å². The second kappa shape index (κ2) is 8.20. The van der Waals surface area contributed by atoms with Crippen molar-refractivity contribution in [3.8, 4) is 0 Å². The molecule has 0 bridgehead atoms. The van der Waals surface area contributed by atoms with Gasteiger partial charge in [0.2, 0.25) is 0 Å². The van der Waals surface area contributed by atoms with E-state index < -0.39 is 0 Å². The Balaban J connectivity index is 2.71. The van der Waals surface area contributed by atoms with Crippen LogP contribution >= 0.6 is 0 Å². The van der Waals surface area contributed by atoms with E-state index in [0.717, 1.165) is 18.7 Å². The molecule has 0 saturated carbocycles. The number of aryl methyl sites for hydroxylation is 1. The number of hydrogen-bond acceptors (Lipinski definition) is 5. The van der Waals surface area contributed by atoms with E-state index in [9.17, 15) is 0 Å². The van der Waals surface area contributed by atoms with Gasteiger partial charge in [-0.2, -0.15) is 5.10 Å². The number of ether oxygens (including phenoxy) is 2. The summed E-state index contributed by atoms with van der Waals surface area (Å²) in [5.41, 5.74) is 7.03. The second-order valence-electron chi connectivity index (χ2n) is 4.22. The zero-order valence-electron chi connectivity index (χ0n) is 11.5. The van der Waals surface area contributed by atoms with E-state index in [1.54, 1.807) is 18.9 Å². The van der Waals surface area contributed by atoms with Crippen molar-refractivity contribution in [2.45, 2.75) is 6.04 Å². The van der Waals surface area contributed by atoms with Gasteiger partial charge in [-0.05, 0) is 0 Å². The number of hydrogen-bond donors (Lipinski definition) is 1. The molecule has 104 valence electrons. The molecule has 1 heterocycles. The van der Waals surface area contributed by atoms with Gasteiger partial charge in [0, 0.05) is 52.7 Å². The highest BCUT2D eigenvalue weighted by Crippen LogP contribution is 2.18. The molecule has 18 heavy (non-hydrogen) atoms. The van der Waals surface area contributed by atoms with E-state index in [2.05, 4.69) is 10.00 Å². The second-order valence-corrected chi connectivity index (χ2v) is 4.22. The smallest absolute Gasteiger partial charge is 0.0589 e. The van der Waals surface area contributed by atoms with Crippen LogP contribution in [0.1, 0.15) is 11.6 Å². The Morgan fingerprint density at radius 2 is 1.94 bits per heavy atom. The van der Waals surface area contributed by atoms with Crippen LogP contribution in [0.3, 0.4) is 0 Å². The maximum Gasteiger partial charge on any atom is 0.0589 e. The van der Waals surface area contributed by atoms with Gasteiger partial charge in [0.25, 0.3) is 0 Å². The van der Waals surface area contributed by atoms with Crippen LogP contribution in [0.25, 0.3) is 0 Å². The molecule has 6 heteroatoms. The summed E-state index contributed by atoms with van der Waals surface area (Å²) in [6, 6.07) is 0.156. The molecule has 0 aliphatic carbocycles. The highest BCUT2D eigenvalue weighted by Gasteiger charge is 2.19. The number of nitrogens with zero attached hydrogens (tertiary/aromatic N) is 3. The fraction of sp³-hybridized carbons (Fsp3) is 0.750. The Morgan fingerprint density at radius 1 is 1.33 bits per heavy atom. The van der Waals surface area contributed by atoms with Gasteiger partial charge in [-0.3, -0.25) is 9.58 Å². The average Bonchev–Trinajstić information content (AvgIpc) is 2.79. The molecule has 1 aromatic heterocycles. The first-order chi connectivity index (χ1) is 8.72. The first-order valence-electron chi connectivity index (χ1n) is 6.13. The van der Waals surface area contributed by atoms with Crippen LogP contribution in [0.5, 0.6) is 0 Å². The number of rotatable bonds is 9. The average molecular weight is 256 g/mol. The van der Waals surface area contributed by atoms with Gasteiger partial charge >= 0.3 is 0 Å². The predicted octanol–water partition coefficient (Wildman–Crippen LogP) is 0.0147. The molecule has 0 aromatic carbocycles. The predicted molar refractivity (Wildman–Crippen MR) is 70.3 cm³/mol. The zero-order chi connectivity index (χ0) is 13.4. The fourth-order valence-corrected chi connectivity index (χ4v) is 1.95. The molecule has 1 atom stereocenters. The van der Waals surface area contributed by atoms with Crippen molar-refractivity contribution in [1.82, 2.24) is 14.7 Å². The molecule has 1 unspecified atom stereocenters. The van der Waals surface area contributed by atoms with Crippen LogP contribution in [-0.4, -0.2) is 61.7 Å². The molecule has 1 rings (SSSR count). The lowest BCUT2D eigenvalue weighted by Crippen LogP contribution is -2.38. The molecular formula is C12H24N4O2. The molecule has 0 radical (unpaired) electrons. The van der Waals surface area contributed by atoms with Gasteiger partial charge in [-0.15, -0.1) is 0 Å². The summed E-state index contributed by atoms with van der Waals surface area (Å²) in [7, 11) is 5.32. The Kier molecular flexibility index (Phi) is 6.89. The Hall–Kier alpha value is -0.950. The SMILES string of the molecule is COCCN(CCOC)C(CN)c1cnn(C)c1. The lowest BCUT2D eigenvalue weighted by atomic mass is 10.1. The molecule has 0 aliphatic rings. The maximum atomic E-state index is 5.90. The summed E-state index contributed by atoms with van der Waals surface area (Å²) < 4.78 is 12.1. The molecule has 0 saturated heterocycles. The molecular weight excluding hydrogens is 232 g/mol. The lowest BCUT2D eigenvalue weighted by molar-refractivity contribution is 0.0891. The van der Waals surface area contributed by atoms with Crippen LogP contribution in [-0.2, 0) is 16.5 Å². The molecule has 0 spiro atoms. The van der Waals surface area contributed by atoms with E-state index in [1.165, 1.54) is 0 Å². The van der Waals surface area contributed by atoms with E-state index in [4.69, 9.17) is 15.2 Å². The third-order valence-electron chi connectivity index (χ3n) is 2.94. The third-order valence-corrected chi connectivity index (χ3v) is 2.94. The van der Waals surface area contributed by atoms with Crippen molar-refractivity contribution in [2.75, 3.05) is 47.1 Å². The Labute approximate surface area is 109 Å². The molecule has 6 nitrogen and oxygen atoms in total. The molecule has 1 aromatic rings. The fourth-order valence-electron chi connectivity index (χ4n) is 1.95. The van der Waals surface area contributed by atoms with Gasteiger partial charge in [-0.1, -0.05) is 0 Å². The number of aromatic nitrogens is 2. The van der Waals surface area contributed by atoms with Crippen molar-refractivity contribution in [2.24, 2.45) is 12.8 Å². The van der Waals surface area contributed by atoms with Gasteiger partial charge in [-0.25, -0.2) is 0 Å². The summed E-state index contributed by atoms with van der Waals surface area (Å²) in [5, 5.41) is 4.20. The van der Waals surface area contributed by atoms with Crippen molar-refractivity contribution >= 4 is 0 Å². The molecule has 0 aliphatic heterocycles. The number of methoxy groups -OCH3 is 2. The quantitative estimate of drug-likeness (QED) is 0.674. The minimum atomic E-state index is 0.156. The number of nitrogens with two attached hydrogens (primary N) is 1. The van der Waals surface area contributed by atoms with Crippen molar-refractivity contribution in [3.63, 3.8) is 0 Å². The van der Waals surface area contributed by atoms with Crippen LogP contribution < -0.4 is 5.73 Å². The first kappa shape index (κ1) is 15.1. The van der Waals surface area contributed by atoms with Crippen LogP contribution in [0.15, 0.2) is 12.4 Å². The lowest BCUT2D eigenvalue weighted by Gasteiger charge is -2.29. The standard InChI is InChI=1S/C12H24N4O2/c1-15-10-11(9-14-15)12(8-13)16(4-6-17-2)5-7-18-3/h9-10,12H,4-8,13H2,1-3H3. The van der Waals surface area contributed by atoms with Gasteiger partial charge in [0.15, 0.2) is 0 Å². The molecule has 2 N–H and O–H groups in total. The van der Waals surface area contributed by atoms with E-state index in [1.807, 2.05) is 19.4 Å². The summed E-state index contributed by atoms with van der Waals surface area (Å²) >= 11 is 0. The largest absolute Gasteiger partial charge is 0.383 e. The monoisotopic (exact) mass is 256 g/mol. The van der Waals surface area contributed by atoms with E-state index >= 15 is 0 Å². The summed E-state index contributed by atoms with van der Waals surface area (Å²) in [4.78, 5) is 2.27. The molecule has 0 amide bonds. The highest BCUT2D eigenvalue weighted by atomic mass is 16.5. The first-order valence-corrected chi connectivity index (χ1v) is 6.13. The maximum absolute atomic E-state index is 5.90. The summed E-state index contributed by atoms with van der Waals surface area (Å²) in [5.74, 6) is 0. The highest BCUT2D eigenvalue weighted by molar-refractivity contribution is 5.11. The van der Waals surface area contributed by atoms with Gasteiger partial charge in [0.1, 0.15) is 0 Å². The zero-order valence-corrected chi connectivity index (χ0v) is 11.5. The topological polar surface area (TPSA) is 65.5 Å². The van der Waals surface area contributed by atoms with Crippen molar-refractivity contribution in [3.05, 3.63) is 18.0 Å². The minimum Gasteiger partial charge on any atom is -0.383 e. The van der Waals surface area contributed by atoms with Crippen LogP contribution in [0, 0.1) is 0 Å². The summed E-state index contributed by atoms with van der Waals surface area (Å²) in [6.45, 7) is 3.58. The van der Waals surface area contributed by atoms with Crippen LogP contribution in [0.2, 0.25) is 0 Å². The van der Waals surface area contributed by atoms with Crippen molar-refractivity contribution in [1.29, 1.82) is 0 Å². The Morgan fingerprint density at radius 3 is 2.33 bits per heavy atom. The minimum absolute atomic E-state index is 0.156. The summed E-state index contributed by atoms with van der Waals surface area (Å²) in [6.07, 6.45) is 3.87. The van der Waals surface area contributed by atoms with E-state index in [-0.39, 0.29) is 6.04 Å². The van der Waals surface area contributed by atoms with Crippen LogP contribution in [0.4, 0.5) is 0 Å².